The Morgan fingerprint density at radius 3 is 2.68 bits per heavy atom. The number of hydrogen-bond donors (Lipinski definition) is 1. The molecule has 7 rings (SSSR count). The number of pyridine rings is 2. The number of fused-ring (bicyclic) bond motifs is 3. The van der Waals surface area contributed by atoms with Crippen molar-refractivity contribution in [3.05, 3.63) is 101 Å². The summed E-state index contributed by atoms with van der Waals surface area (Å²) in [5.41, 5.74) is 2.26. The van der Waals surface area contributed by atoms with Gasteiger partial charge in [0, 0.05) is 35.6 Å². The average molecular weight is 563 g/mol. The Morgan fingerprint density at radius 1 is 1.07 bits per heavy atom. The van der Waals surface area contributed by atoms with Crippen LogP contribution in [0, 0.1) is 0 Å². The number of carbonyl (C=O) groups is 1. The zero-order chi connectivity index (χ0) is 27.9. The van der Waals surface area contributed by atoms with E-state index in [-0.39, 0.29) is 16.9 Å². The molecule has 0 spiro atoms. The second-order valence-electron chi connectivity index (χ2n) is 10.8. The molecule has 0 radical (unpaired) electrons. The third-order valence-corrected chi connectivity index (χ3v) is 9.14. The van der Waals surface area contributed by atoms with Gasteiger partial charge in [0.15, 0.2) is 11.5 Å². The molecule has 5 aromatic rings. The van der Waals surface area contributed by atoms with Crippen molar-refractivity contribution in [1.29, 1.82) is 0 Å². The van der Waals surface area contributed by atoms with Crippen molar-refractivity contribution in [3.8, 4) is 17.2 Å². The maximum atomic E-state index is 13.9. The van der Waals surface area contributed by atoms with Crippen LogP contribution in [0.15, 0.2) is 88.8 Å². The number of carbonyl (C=O) groups excluding carboxylic acids is 1. The molecule has 4 heterocycles. The highest BCUT2D eigenvalue weighted by Crippen LogP contribution is 2.43. The number of ether oxygens (including phenoxy) is 1. The first-order valence-corrected chi connectivity index (χ1v) is 15.0. The summed E-state index contributed by atoms with van der Waals surface area (Å²) < 4.78 is 8.39. The van der Waals surface area contributed by atoms with Gasteiger partial charge in [-0.25, -0.2) is 0 Å². The largest absolute Gasteiger partial charge is 0.453 e. The van der Waals surface area contributed by atoms with Gasteiger partial charge in [-0.1, -0.05) is 30.3 Å². The Hall–Kier alpha value is -4.14. The Kier molecular flexibility index (Phi) is 6.73. The number of amides is 1. The van der Waals surface area contributed by atoms with Gasteiger partial charge in [-0.15, -0.1) is 11.8 Å². The average Bonchev–Trinajstić information content (AvgIpc) is 3.41. The van der Waals surface area contributed by atoms with Gasteiger partial charge in [-0.2, -0.15) is 0 Å². The zero-order valence-electron chi connectivity index (χ0n) is 22.8. The molecule has 2 aromatic heterocycles. The van der Waals surface area contributed by atoms with Crippen molar-refractivity contribution in [3.63, 3.8) is 0 Å². The van der Waals surface area contributed by atoms with E-state index >= 15 is 0 Å². The van der Waals surface area contributed by atoms with Gasteiger partial charge < -0.3 is 19.5 Å². The number of rotatable bonds is 7. The molecular weight excluding hydrogens is 532 g/mol. The third-order valence-electron chi connectivity index (χ3n) is 8.14. The van der Waals surface area contributed by atoms with Gasteiger partial charge in [0.05, 0.1) is 16.8 Å². The molecule has 7 nitrogen and oxygen atoms in total. The molecule has 8 heteroatoms. The van der Waals surface area contributed by atoms with E-state index in [4.69, 9.17) is 4.74 Å². The van der Waals surface area contributed by atoms with Crippen LogP contribution in [0.25, 0.3) is 27.4 Å². The van der Waals surface area contributed by atoms with Gasteiger partial charge in [-0.05, 0) is 80.0 Å². The first-order chi connectivity index (χ1) is 20.0. The second kappa shape index (κ2) is 10.7. The molecule has 1 unspecified atom stereocenters. The van der Waals surface area contributed by atoms with Gasteiger partial charge in [0.25, 0.3) is 5.91 Å². The topological polar surface area (TPSA) is 76.5 Å². The van der Waals surface area contributed by atoms with Crippen LogP contribution in [0.5, 0.6) is 11.5 Å². The fourth-order valence-electron chi connectivity index (χ4n) is 5.94. The second-order valence-corrected chi connectivity index (χ2v) is 11.8. The van der Waals surface area contributed by atoms with Crippen molar-refractivity contribution in [2.45, 2.75) is 36.0 Å². The van der Waals surface area contributed by atoms with Crippen LogP contribution in [0.2, 0.25) is 0 Å². The minimum Gasteiger partial charge on any atom is -0.453 e. The van der Waals surface area contributed by atoms with E-state index in [0.717, 1.165) is 46.4 Å². The normalized spacial score (nSPS) is 16.1. The number of aromatic nitrogens is 2. The smallest absolute Gasteiger partial charge is 0.256 e. The predicted molar refractivity (Wildman–Crippen MR) is 164 cm³/mol. The molecule has 2 aliphatic rings. The maximum absolute atomic E-state index is 13.9. The molecule has 0 bridgehead atoms. The molecular formula is C33H30N4O3S. The van der Waals surface area contributed by atoms with E-state index in [1.807, 2.05) is 53.1 Å². The molecule has 206 valence electrons. The number of benzene rings is 3. The molecule has 3 aromatic carbocycles. The van der Waals surface area contributed by atoms with Crippen LogP contribution in [-0.2, 0) is 5.75 Å². The van der Waals surface area contributed by atoms with Crippen LogP contribution in [0.4, 0.5) is 0 Å². The molecule has 1 atom stereocenters. The van der Waals surface area contributed by atoms with Gasteiger partial charge in [0.1, 0.15) is 11.1 Å². The first kappa shape index (κ1) is 25.8. The van der Waals surface area contributed by atoms with Crippen molar-refractivity contribution in [1.82, 2.24) is 19.8 Å². The fraction of sp³-hybridized carbons (Fsp3) is 0.242. The SMILES string of the molecule is CN1CCCC1CCNC(=O)c1cn2c3c(cc(SCc4ccccn4)cc3c1=O)Oc1cc3ccccc3cc1-2. The Bertz CT molecular complexity index is 1850. The van der Waals surface area contributed by atoms with Crippen LogP contribution in [-0.4, -0.2) is 46.5 Å². The van der Waals surface area contributed by atoms with E-state index in [9.17, 15) is 9.59 Å². The van der Waals surface area contributed by atoms with Crippen LogP contribution < -0.4 is 15.5 Å². The molecule has 0 saturated carbocycles. The van der Waals surface area contributed by atoms with Crippen LogP contribution >= 0.6 is 11.8 Å². The summed E-state index contributed by atoms with van der Waals surface area (Å²) in [6.07, 6.45) is 6.65. The predicted octanol–water partition coefficient (Wildman–Crippen LogP) is 6.15. The maximum Gasteiger partial charge on any atom is 0.256 e. The summed E-state index contributed by atoms with van der Waals surface area (Å²) in [5.74, 6) is 1.59. The molecule has 1 N–H and O–H groups in total. The molecule has 41 heavy (non-hydrogen) atoms. The summed E-state index contributed by atoms with van der Waals surface area (Å²) in [6.45, 7) is 1.62. The summed E-state index contributed by atoms with van der Waals surface area (Å²) in [7, 11) is 2.13. The van der Waals surface area contributed by atoms with Crippen molar-refractivity contribution < 1.29 is 9.53 Å². The molecule has 1 fully saturated rings. The van der Waals surface area contributed by atoms with Gasteiger partial charge in [-0.3, -0.25) is 14.6 Å². The summed E-state index contributed by atoms with van der Waals surface area (Å²) in [5, 5.41) is 5.61. The summed E-state index contributed by atoms with van der Waals surface area (Å²) in [4.78, 5) is 35.0. The molecule has 0 aliphatic carbocycles. The lowest BCUT2D eigenvalue weighted by molar-refractivity contribution is 0.0949. The standard InChI is InChI=1S/C33H30N4O3S/c1-36-14-6-10-24(36)11-13-35-33(39)27-19-37-28-15-21-7-2-3-8-22(21)16-29(28)40-30-18-25(17-26(31(30)37)32(27)38)41-20-23-9-4-5-12-34-23/h2-5,7-9,12,15-19,24H,6,10-11,13-14,20H2,1H3,(H,35,39). The van der Waals surface area contributed by atoms with Crippen LogP contribution in [0.1, 0.15) is 35.3 Å². The van der Waals surface area contributed by atoms with E-state index < -0.39 is 0 Å². The van der Waals surface area contributed by atoms with Gasteiger partial charge >= 0.3 is 0 Å². The number of nitrogens with zero attached hydrogens (tertiary/aromatic N) is 3. The summed E-state index contributed by atoms with van der Waals surface area (Å²) >= 11 is 1.59. The Balaban J connectivity index is 1.31. The van der Waals surface area contributed by atoms with E-state index in [0.29, 0.717) is 40.7 Å². The highest BCUT2D eigenvalue weighted by atomic mass is 32.2. The Labute approximate surface area is 242 Å². The fourth-order valence-corrected chi connectivity index (χ4v) is 6.82. The monoisotopic (exact) mass is 562 g/mol. The quantitative estimate of drug-likeness (QED) is 0.235. The van der Waals surface area contributed by atoms with Crippen molar-refractivity contribution >= 4 is 39.3 Å². The number of nitrogens with one attached hydrogen (secondary N) is 1. The molecule has 1 amide bonds. The minimum atomic E-state index is -0.344. The molecule has 2 aliphatic heterocycles. The number of thioether (sulfide) groups is 1. The number of likely N-dealkylation sites (tertiary alicyclic amines) is 1. The zero-order valence-corrected chi connectivity index (χ0v) is 23.6. The lowest BCUT2D eigenvalue weighted by Crippen LogP contribution is -2.34. The first-order valence-electron chi connectivity index (χ1n) is 14.0. The highest BCUT2D eigenvalue weighted by Gasteiger charge is 2.26. The van der Waals surface area contributed by atoms with Crippen molar-refractivity contribution in [2.75, 3.05) is 20.1 Å². The van der Waals surface area contributed by atoms with E-state index in [2.05, 4.69) is 40.4 Å². The van der Waals surface area contributed by atoms with E-state index in [1.54, 1.807) is 24.2 Å². The number of hydrogen-bond acceptors (Lipinski definition) is 6. The van der Waals surface area contributed by atoms with Gasteiger partial charge in [0.2, 0.25) is 5.43 Å². The third kappa shape index (κ3) is 4.87. The minimum absolute atomic E-state index is 0.135. The Morgan fingerprint density at radius 2 is 1.90 bits per heavy atom. The lowest BCUT2D eigenvalue weighted by atomic mass is 10.0. The van der Waals surface area contributed by atoms with Crippen LogP contribution in [0.3, 0.4) is 0 Å². The molecule has 1 saturated heterocycles. The lowest BCUT2D eigenvalue weighted by Gasteiger charge is -2.25. The highest BCUT2D eigenvalue weighted by molar-refractivity contribution is 7.98. The summed E-state index contributed by atoms with van der Waals surface area (Å²) in [6, 6.07) is 22.3. The van der Waals surface area contributed by atoms with Crippen molar-refractivity contribution in [2.24, 2.45) is 0 Å². The van der Waals surface area contributed by atoms with E-state index in [1.165, 1.54) is 6.42 Å².